The first kappa shape index (κ1) is 18.8. The molecule has 3 rings (SSSR count). The maximum Gasteiger partial charge on any atom is 0.252 e. The van der Waals surface area contributed by atoms with Crippen LogP contribution in [0.5, 0.6) is 0 Å². The topological polar surface area (TPSA) is 112 Å². The molecule has 0 bridgehead atoms. The molecule has 2 heterocycles. The molecule has 0 aliphatic rings. The van der Waals surface area contributed by atoms with E-state index < -0.39 is 26.7 Å². The van der Waals surface area contributed by atoms with Crippen LogP contribution in [0, 0.1) is 0 Å². The van der Waals surface area contributed by atoms with Crippen LogP contribution in [0.2, 0.25) is 0 Å². The fourth-order valence-electron chi connectivity index (χ4n) is 2.99. The van der Waals surface area contributed by atoms with Gasteiger partial charge in [-0.1, -0.05) is 12.1 Å². The Bertz CT molecular complexity index is 1170. The van der Waals surface area contributed by atoms with Crippen LogP contribution < -0.4 is 11.3 Å². The van der Waals surface area contributed by atoms with E-state index in [0.29, 0.717) is 5.56 Å². The zero-order chi connectivity index (χ0) is 19.6. The minimum atomic E-state index is -3.60. The van der Waals surface area contributed by atoms with Gasteiger partial charge in [0.15, 0.2) is 9.84 Å². The largest absolute Gasteiger partial charge is 0.370 e. The van der Waals surface area contributed by atoms with Crippen molar-refractivity contribution in [3.8, 4) is 11.1 Å². The number of carbonyl (C=O) groups is 1. The van der Waals surface area contributed by atoms with Crippen molar-refractivity contribution in [3.63, 3.8) is 0 Å². The SMILES string of the molecule is CS(=O)(=O)C(CCC(N)=O)n1ccc(-c2ccc3ncccc3c2)cc1=O. The molecule has 1 amide bonds. The molecule has 2 N–H and O–H groups in total. The predicted molar refractivity (Wildman–Crippen MR) is 104 cm³/mol. The quantitative estimate of drug-likeness (QED) is 0.696. The summed E-state index contributed by atoms with van der Waals surface area (Å²) in [6.45, 7) is 0. The van der Waals surface area contributed by atoms with Gasteiger partial charge in [0.05, 0.1) is 5.52 Å². The normalized spacial score (nSPS) is 12.8. The van der Waals surface area contributed by atoms with Gasteiger partial charge in [-0.15, -0.1) is 0 Å². The molecule has 0 saturated carbocycles. The number of amides is 1. The number of aromatic nitrogens is 2. The zero-order valence-electron chi connectivity index (χ0n) is 14.7. The van der Waals surface area contributed by atoms with Gasteiger partial charge in [-0.3, -0.25) is 19.1 Å². The highest BCUT2D eigenvalue weighted by atomic mass is 32.2. The van der Waals surface area contributed by atoms with Crippen molar-refractivity contribution in [2.75, 3.05) is 6.26 Å². The molecule has 3 aromatic rings. The third-order valence-electron chi connectivity index (χ3n) is 4.33. The van der Waals surface area contributed by atoms with Crippen molar-refractivity contribution < 1.29 is 13.2 Å². The molecule has 1 unspecified atom stereocenters. The van der Waals surface area contributed by atoms with Gasteiger partial charge in [0.1, 0.15) is 5.37 Å². The number of nitrogens with two attached hydrogens (primary N) is 1. The molecular formula is C19H19N3O4S. The first-order valence-electron chi connectivity index (χ1n) is 8.30. The van der Waals surface area contributed by atoms with Gasteiger partial charge in [-0.25, -0.2) is 8.42 Å². The Morgan fingerprint density at radius 3 is 2.59 bits per heavy atom. The van der Waals surface area contributed by atoms with E-state index in [4.69, 9.17) is 5.73 Å². The van der Waals surface area contributed by atoms with E-state index in [1.807, 2.05) is 30.3 Å². The molecule has 0 saturated heterocycles. The molecule has 7 nitrogen and oxygen atoms in total. The standard InChI is InChI=1S/C19H19N3O4S/c1-27(25,26)19(7-6-17(20)23)22-10-8-14(12-18(22)24)13-4-5-16-15(11-13)3-2-9-21-16/h2-5,8-12,19H,6-7H2,1H3,(H2,20,23). The number of fused-ring (bicyclic) bond motifs is 1. The summed E-state index contributed by atoms with van der Waals surface area (Å²) in [4.78, 5) is 27.9. The minimum Gasteiger partial charge on any atom is -0.370 e. The van der Waals surface area contributed by atoms with Crippen LogP contribution in [-0.2, 0) is 14.6 Å². The fourth-order valence-corrected chi connectivity index (χ4v) is 4.12. The Balaban J connectivity index is 2.00. The molecule has 1 aromatic carbocycles. The number of nitrogens with zero attached hydrogens (tertiary/aromatic N) is 2. The zero-order valence-corrected chi connectivity index (χ0v) is 15.5. The lowest BCUT2D eigenvalue weighted by atomic mass is 10.0. The van der Waals surface area contributed by atoms with Crippen LogP contribution >= 0.6 is 0 Å². The van der Waals surface area contributed by atoms with Gasteiger partial charge < -0.3 is 5.73 Å². The second kappa shape index (κ2) is 7.32. The van der Waals surface area contributed by atoms with Crippen molar-refractivity contribution in [2.24, 2.45) is 5.73 Å². The molecule has 27 heavy (non-hydrogen) atoms. The molecule has 2 aromatic heterocycles. The van der Waals surface area contributed by atoms with E-state index >= 15 is 0 Å². The van der Waals surface area contributed by atoms with Gasteiger partial charge in [0, 0.05) is 36.5 Å². The van der Waals surface area contributed by atoms with Crippen molar-refractivity contribution in [1.82, 2.24) is 9.55 Å². The van der Waals surface area contributed by atoms with Crippen LogP contribution in [0.25, 0.3) is 22.0 Å². The van der Waals surface area contributed by atoms with E-state index in [1.54, 1.807) is 12.3 Å². The Morgan fingerprint density at radius 2 is 1.93 bits per heavy atom. The van der Waals surface area contributed by atoms with Crippen LogP contribution in [0.15, 0.2) is 59.7 Å². The lowest BCUT2D eigenvalue weighted by Crippen LogP contribution is -2.29. The number of hydrogen-bond acceptors (Lipinski definition) is 5. The molecule has 0 aliphatic carbocycles. The van der Waals surface area contributed by atoms with Crippen molar-refractivity contribution in [2.45, 2.75) is 18.2 Å². The number of benzene rings is 1. The van der Waals surface area contributed by atoms with Crippen molar-refractivity contribution >= 4 is 26.6 Å². The minimum absolute atomic E-state index is 0.0466. The van der Waals surface area contributed by atoms with Crippen LogP contribution in [0.4, 0.5) is 0 Å². The van der Waals surface area contributed by atoms with E-state index in [9.17, 15) is 18.0 Å². The molecule has 0 spiro atoms. The maximum absolute atomic E-state index is 12.6. The Labute approximate surface area is 156 Å². The van der Waals surface area contributed by atoms with Crippen molar-refractivity contribution in [1.29, 1.82) is 0 Å². The van der Waals surface area contributed by atoms with Gasteiger partial charge in [0.25, 0.3) is 5.56 Å². The summed E-state index contributed by atoms with van der Waals surface area (Å²) in [5, 5.41) is -0.193. The Morgan fingerprint density at radius 1 is 1.19 bits per heavy atom. The molecule has 0 radical (unpaired) electrons. The summed E-state index contributed by atoms with van der Waals surface area (Å²) in [7, 11) is -3.60. The third kappa shape index (κ3) is 4.22. The van der Waals surface area contributed by atoms with Gasteiger partial charge in [-0.2, -0.15) is 0 Å². The number of carbonyl (C=O) groups excluding carboxylic acids is 1. The molecular weight excluding hydrogens is 366 g/mol. The third-order valence-corrected chi connectivity index (χ3v) is 5.78. The summed E-state index contributed by atoms with van der Waals surface area (Å²) in [6, 6.07) is 12.5. The number of sulfone groups is 1. The van der Waals surface area contributed by atoms with Gasteiger partial charge in [-0.05, 0) is 41.8 Å². The summed E-state index contributed by atoms with van der Waals surface area (Å²) in [5.41, 5.74) is 7.00. The number of rotatable bonds is 6. The second-order valence-corrected chi connectivity index (χ2v) is 8.56. The first-order chi connectivity index (χ1) is 12.8. The first-order valence-corrected chi connectivity index (χ1v) is 10.3. The second-order valence-electron chi connectivity index (χ2n) is 6.36. The number of hydrogen-bond donors (Lipinski definition) is 1. The molecule has 0 aliphatic heterocycles. The van der Waals surface area contributed by atoms with E-state index in [0.717, 1.165) is 27.3 Å². The van der Waals surface area contributed by atoms with Gasteiger partial charge >= 0.3 is 0 Å². The molecule has 1 atom stereocenters. The highest BCUT2D eigenvalue weighted by molar-refractivity contribution is 7.90. The highest BCUT2D eigenvalue weighted by Gasteiger charge is 2.24. The van der Waals surface area contributed by atoms with E-state index in [1.165, 1.54) is 12.3 Å². The maximum atomic E-state index is 12.6. The summed E-state index contributed by atoms with van der Waals surface area (Å²) in [5.74, 6) is -0.613. The fraction of sp³-hybridized carbons (Fsp3) is 0.211. The summed E-state index contributed by atoms with van der Waals surface area (Å²) < 4.78 is 25.3. The van der Waals surface area contributed by atoms with E-state index in [2.05, 4.69) is 4.98 Å². The summed E-state index contributed by atoms with van der Waals surface area (Å²) >= 11 is 0. The molecule has 8 heteroatoms. The lowest BCUT2D eigenvalue weighted by Gasteiger charge is -2.18. The molecule has 140 valence electrons. The molecule has 0 fully saturated rings. The highest BCUT2D eigenvalue weighted by Crippen LogP contribution is 2.24. The summed E-state index contributed by atoms with van der Waals surface area (Å²) in [6.07, 6.45) is 4.02. The Hall–Kier alpha value is -3.00. The predicted octanol–water partition coefficient (Wildman–Crippen LogP) is 1.87. The number of pyridine rings is 2. The number of primary amides is 1. The van der Waals surface area contributed by atoms with Crippen LogP contribution in [-0.4, -0.2) is 30.1 Å². The Kier molecular flexibility index (Phi) is 5.09. The van der Waals surface area contributed by atoms with Crippen LogP contribution in [0.3, 0.4) is 0 Å². The average Bonchev–Trinajstić information content (AvgIpc) is 2.61. The monoisotopic (exact) mass is 385 g/mol. The average molecular weight is 385 g/mol. The smallest absolute Gasteiger partial charge is 0.252 e. The van der Waals surface area contributed by atoms with Crippen LogP contribution in [0.1, 0.15) is 18.2 Å². The van der Waals surface area contributed by atoms with Gasteiger partial charge in [0.2, 0.25) is 5.91 Å². The lowest BCUT2D eigenvalue weighted by molar-refractivity contribution is -0.118. The van der Waals surface area contributed by atoms with E-state index in [-0.39, 0.29) is 12.8 Å². The van der Waals surface area contributed by atoms with Crippen molar-refractivity contribution in [3.05, 3.63) is 65.2 Å².